The highest BCUT2D eigenvalue weighted by atomic mass is 16.4. The Morgan fingerprint density at radius 2 is 1.78 bits per heavy atom. The lowest BCUT2D eigenvalue weighted by atomic mass is 10.0. The molecule has 0 aliphatic rings. The van der Waals surface area contributed by atoms with E-state index in [9.17, 15) is 4.79 Å². The maximum atomic E-state index is 11.9. The molecule has 118 valence electrons. The SMILES string of the molecule is CCc1ccc(C)[n+](Cc2cc(=O)oc3cc(C)c(C)cc23)c1. The van der Waals surface area contributed by atoms with Gasteiger partial charge in [0.15, 0.2) is 18.4 Å². The second kappa shape index (κ2) is 5.99. The summed E-state index contributed by atoms with van der Waals surface area (Å²) in [5, 5.41) is 1.02. The Morgan fingerprint density at radius 1 is 1.04 bits per heavy atom. The van der Waals surface area contributed by atoms with Crippen molar-refractivity contribution in [3.8, 4) is 0 Å². The molecule has 3 heteroatoms. The van der Waals surface area contributed by atoms with Crippen LogP contribution in [0.4, 0.5) is 0 Å². The van der Waals surface area contributed by atoms with E-state index in [0.717, 1.165) is 22.9 Å². The average molecular weight is 308 g/mol. The lowest BCUT2D eigenvalue weighted by Gasteiger charge is -2.08. The second-order valence-electron chi connectivity index (χ2n) is 6.18. The van der Waals surface area contributed by atoms with Crippen LogP contribution < -0.4 is 10.2 Å². The Bertz CT molecular complexity index is 938. The summed E-state index contributed by atoms with van der Waals surface area (Å²) in [6.45, 7) is 9.02. The van der Waals surface area contributed by atoms with E-state index in [1.807, 2.05) is 13.0 Å². The minimum Gasteiger partial charge on any atom is -0.423 e. The third kappa shape index (κ3) is 3.04. The molecule has 3 nitrogen and oxygen atoms in total. The maximum Gasteiger partial charge on any atom is 0.336 e. The third-order valence-corrected chi connectivity index (χ3v) is 4.51. The van der Waals surface area contributed by atoms with Crippen molar-refractivity contribution in [3.05, 3.63) is 74.9 Å². The molecule has 0 spiro atoms. The molecule has 0 N–H and O–H groups in total. The lowest BCUT2D eigenvalue weighted by Crippen LogP contribution is -2.38. The number of benzene rings is 1. The van der Waals surface area contributed by atoms with E-state index >= 15 is 0 Å². The van der Waals surface area contributed by atoms with Crippen LogP contribution in [0.25, 0.3) is 11.0 Å². The highest BCUT2D eigenvalue weighted by molar-refractivity contribution is 5.81. The van der Waals surface area contributed by atoms with Crippen LogP contribution in [0, 0.1) is 20.8 Å². The predicted molar refractivity (Wildman–Crippen MR) is 91.8 cm³/mol. The van der Waals surface area contributed by atoms with E-state index < -0.39 is 0 Å². The highest BCUT2D eigenvalue weighted by Gasteiger charge is 2.14. The second-order valence-corrected chi connectivity index (χ2v) is 6.18. The van der Waals surface area contributed by atoms with Gasteiger partial charge in [-0.05, 0) is 49.6 Å². The molecule has 0 bridgehead atoms. The van der Waals surface area contributed by atoms with Gasteiger partial charge in [-0.2, -0.15) is 4.57 Å². The van der Waals surface area contributed by atoms with E-state index in [1.54, 1.807) is 6.07 Å². The lowest BCUT2D eigenvalue weighted by molar-refractivity contribution is -0.694. The molecule has 0 amide bonds. The van der Waals surface area contributed by atoms with E-state index in [-0.39, 0.29) is 5.63 Å². The number of rotatable bonds is 3. The molecule has 2 heterocycles. The Kier molecular flexibility index (Phi) is 4.03. The van der Waals surface area contributed by atoms with Crippen molar-refractivity contribution in [2.24, 2.45) is 0 Å². The van der Waals surface area contributed by atoms with Crippen LogP contribution in [0.1, 0.15) is 34.9 Å². The van der Waals surface area contributed by atoms with Crippen LogP contribution in [-0.2, 0) is 13.0 Å². The van der Waals surface area contributed by atoms with E-state index in [1.165, 1.54) is 16.8 Å². The van der Waals surface area contributed by atoms with Crippen LogP contribution in [0.15, 0.2) is 45.7 Å². The predicted octanol–water partition coefficient (Wildman–Crippen LogP) is 3.62. The van der Waals surface area contributed by atoms with Gasteiger partial charge in [-0.1, -0.05) is 6.92 Å². The van der Waals surface area contributed by atoms with Crippen molar-refractivity contribution < 1.29 is 8.98 Å². The zero-order chi connectivity index (χ0) is 16.6. The maximum absolute atomic E-state index is 11.9. The van der Waals surface area contributed by atoms with E-state index in [4.69, 9.17) is 4.42 Å². The van der Waals surface area contributed by atoms with Gasteiger partial charge in [-0.15, -0.1) is 0 Å². The molecular formula is C20H22NO2+. The summed E-state index contributed by atoms with van der Waals surface area (Å²) in [5.74, 6) is 0. The first-order valence-electron chi connectivity index (χ1n) is 8.01. The summed E-state index contributed by atoms with van der Waals surface area (Å²) in [7, 11) is 0. The van der Waals surface area contributed by atoms with Crippen molar-refractivity contribution in [2.45, 2.75) is 40.7 Å². The molecule has 1 aromatic carbocycles. The summed E-state index contributed by atoms with van der Waals surface area (Å²) in [6.07, 6.45) is 3.16. The Hall–Kier alpha value is -2.42. The summed E-state index contributed by atoms with van der Waals surface area (Å²) in [5.41, 5.74) is 6.18. The minimum absolute atomic E-state index is 0.291. The van der Waals surface area contributed by atoms with Gasteiger partial charge in [0, 0.05) is 35.6 Å². The molecule has 0 atom stereocenters. The van der Waals surface area contributed by atoms with Crippen LogP contribution in [0.5, 0.6) is 0 Å². The monoisotopic (exact) mass is 308 g/mol. The Balaban J connectivity index is 2.16. The number of fused-ring (bicyclic) bond motifs is 1. The smallest absolute Gasteiger partial charge is 0.336 e. The van der Waals surface area contributed by atoms with Crippen molar-refractivity contribution in [1.82, 2.24) is 0 Å². The topological polar surface area (TPSA) is 34.1 Å². The fourth-order valence-corrected chi connectivity index (χ4v) is 2.85. The molecule has 0 saturated heterocycles. The number of aryl methyl sites for hydroxylation is 4. The number of hydrogen-bond acceptors (Lipinski definition) is 2. The standard InChI is InChI=1S/C20H22NO2/c1-5-16-7-6-15(4)21(11-16)12-17-10-20(22)23-19-9-14(3)13(2)8-18(17)19/h6-11H,5,12H2,1-4H3/q+1. The summed E-state index contributed by atoms with van der Waals surface area (Å²) >= 11 is 0. The molecule has 23 heavy (non-hydrogen) atoms. The average Bonchev–Trinajstić information content (AvgIpc) is 2.51. The molecule has 0 aliphatic carbocycles. The third-order valence-electron chi connectivity index (χ3n) is 4.51. The molecule has 3 rings (SSSR count). The van der Waals surface area contributed by atoms with E-state index in [2.05, 4.69) is 49.7 Å². The van der Waals surface area contributed by atoms with Gasteiger partial charge in [0.2, 0.25) is 0 Å². The largest absolute Gasteiger partial charge is 0.423 e. The van der Waals surface area contributed by atoms with Gasteiger partial charge in [0.25, 0.3) is 0 Å². The summed E-state index contributed by atoms with van der Waals surface area (Å²) in [4.78, 5) is 11.9. The Labute approximate surface area is 136 Å². The first kappa shape index (κ1) is 15.5. The van der Waals surface area contributed by atoms with Gasteiger partial charge in [-0.25, -0.2) is 4.79 Å². The van der Waals surface area contributed by atoms with Crippen molar-refractivity contribution >= 4 is 11.0 Å². The van der Waals surface area contributed by atoms with Gasteiger partial charge in [-0.3, -0.25) is 0 Å². The molecule has 0 radical (unpaired) electrons. The first-order valence-corrected chi connectivity index (χ1v) is 8.01. The fraction of sp³-hybridized carbons (Fsp3) is 0.300. The molecular weight excluding hydrogens is 286 g/mol. The normalized spacial score (nSPS) is 11.1. The molecule has 3 aromatic rings. The molecule has 2 aromatic heterocycles. The highest BCUT2D eigenvalue weighted by Crippen LogP contribution is 2.21. The van der Waals surface area contributed by atoms with Crippen LogP contribution >= 0.6 is 0 Å². The van der Waals surface area contributed by atoms with Crippen LogP contribution in [0.3, 0.4) is 0 Å². The zero-order valence-electron chi connectivity index (χ0n) is 14.1. The molecule has 0 saturated carbocycles. The summed E-state index contributed by atoms with van der Waals surface area (Å²) in [6, 6.07) is 9.96. The molecule has 0 aliphatic heterocycles. The van der Waals surface area contributed by atoms with Gasteiger partial charge in [0.1, 0.15) is 5.58 Å². The fourth-order valence-electron chi connectivity index (χ4n) is 2.85. The molecule has 0 fully saturated rings. The minimum atomic E-state index is -0.291. The Morgan fingerprint density at radius 3 is 2.52 bits per heavy atom. The number of pyridine rings is 1. The van der Waals surface area contributed by atoms with Crippen LogP contribution in [-0.4, -0.2) is 0 Å². The zero-order valence-corrected chi connectivity index (χ0v) is 14.1. The van der Waals surface area contributed by atoms with Gasteiger partial charge < -0.3 is 4.42 Å². The summed E-state index contributed by atoms with van der Waals surface area (Å²) < 4.78 is 7.58. The van der Waals surface area contributed by atoms with E-state index in [0.29, 0.717) is 12.1 Å². The van der Waals surface area contributed by atoms with Gasteiger partial charge >= 0.3 is 5.63 Å². The number of nitrogens with zero attached hydrogens (tertiary/aromatic N) is 1. The number of aromatic nitrogens is 1. The quantitative estimate of drug-likeness (QED) is 0.547. The first-order chi connectivity index (χ1) is 11.0. The van der Waals surface area contributed by atoms with Gasteiger partial charge in [0.05, 0.1) is 0 Å². The van der Waals surface area contributed by atoms with Crippen molar-refractivity contribution in [2.75, 3.05) is 0 Å². The molecule has 0 unspecified atom stereocenters. The van der Waals surface area contributed by atoms with Crippen LogP contribution in [0.2, 0.25) is 0 Å². The number of hydrogen-bond donors (Lipinski definition) is 0. The van der Waals surface area contributed by atoms with Crippen molar-refractivity contribution in [1.29, 1.82) is 0 Å². The van der Waals surface area contributed by atoms with Crippen molar-refractivity contribution in [3.63, 3.8) is 0 Å².